The van der Waals surface area contributed by atoms with Crippen molar-refractivity contribution >= 4 is 22.6 Å². The van der Waals surface area contributed by atoms with Gasteiger partial charge in [0.05, 0.1) is 6.20 Å². The highest BCUT2D eigenvalue weighted by Crippen LogP contribution is 2.14. The first-order chi connectivity index (χ1) is 5.77. The Morgan fingerprint density at radius 2 is 2.08 bits per heavy atom. The molecule has 0 aliphatic rings. The number of nitrogens with zero attached hydrogens (tertiary/aromatic N) is 4. The number of rotatable bonds is 0. The lowest BCUT2D eigenvalue weighted by Gasteiger charge is -1.95. The van der Waals surface area contributed by atoms with Gasteiger partial charge in [-0.05, 0) is 0 Å². The predicted molar refractivity (Wildman–Crippen MR) is 40.1 cm³/mol. The minimum Gasteiger partial charge on any atom is -0.233 e. The SMILES string of the molecule is Fc1ncc2ncnc(Cl)c2n1. The molecule has 0 saturated carbocycles. The van der Waals surface area contributed by atoms with Crippen LogP contribution in [0.1, 0.15) is 0 Å². The number of fused-ring (bicyclic) bond motifs is 1. The largest absolute Gasteiger partial charge is 0.309 e. The van der Waals surface area contributed by atoms with E-state index >= 15 is 0 Å². The first-order valence-electron chi connectivity index (χ1n) is 3.06. The van der Waals surface area contributed by atoms with Crippen molar-refractivity contribution in [1.29, 1.82) is 0 Å². The molecular formula is C6H2ClFN4. The van der Waals surface area contributed by atoms with E-state index in [1.54, 1.807) is 0 Å². The van der Waals surface area contributed by atoms with E-state index in [1.165, 1.54) is 12.5 Å². The lowest BCUT2D eigenvalue weighted by Crippen LogP contribution is -1.92. The van der Waals surface area contributed by atoms with E-state index in [9.17, 15) is 4.39 Å². The fourth-order valence-electron chi connectivity index (χ4n) is 0.803. The third-order valence-electron chi connectivity index (χ3n) is 1.30. The van der Waals surface area contributed by atoms with Gasteiger partial charge in [-0.15, -0.1) is 0 Å². The van der Waals surface area contributed by atoms with Crippen LogP contribution in [0.2, 0.25) is 5.15 Å². The third kappa shape index (κ3) is 1.08. The van der Waals surface area contributed by atoms with Crippen molar-refractivity contribution in [1.82, 2.24) is 19.9 Å². The fourth-order valence-corrected chi connectivity index (χ4v) is 0.986. The second-order valence-electron chi connectivity index (χ2n) is 2.04. The van der Waals surface area contributed by atoms with E-state index in [2.05, 4.69) is 19.9 Å². The summed E-state index contributed by atoms with van der Waals surface area (Å²) in [5.74, 6) is 0. The van der Waals surface area contributed by atoms with Crippen LogP contribution in [0.3, 0.4) is 0 Å². The minimum absolute atomic E-state index is 0.126. The van der Waals surface area contributed by atoms with Crippen molar-refractivity contribution < 1.29 is 4.39 Å². The first kappa shape index (κ1) is 7.30. The van der Waals surface area contributed by atoms with E-state index < -0.39 is 6.08 Å². The van der Waals surface area contributed by atoms with E-state index in [0.717, 1.165) is 0 Å². The van der Waals surface area contributed by atoms with Gasteiger partial charge in [0.25, 0.3) is 0 Å². The molecule has 2 rings (SSSR count). The topological polar surface area (TPSA) is 51.6 Å². The Bertz CT molecular complexity index is 433. The summed E-state index contributed by atoms with van der Waals surface area (Å²) in [6.45, 7) is 0. The molecule has 2 heterocycles. The van der Waals surface area contributed by atoms with Crippen molar-refractivity contribution in [3.8, 4) is 0 Å². The standard InChI is InChI=1S/C6H2ClFN4/c7-5-4-3(10-2-11-5)1-9-6(8)12-4/h1-2H. The van der Waals surface area contributed by atoms with Crippen LogP contribution in [-0.2, 0) is 0 Å². The summed E-state index contributed by atoms with van der Waals surface area (Å²) in [7, 11) is 0. The molecule has 0 radical (unpaired) electrons. The van der Waals surface area contributed by atoms with Gasteiger partial charge in [0.15, 0.2) is 5.15 Å². The zero-order valence-electron chi connectivity index (χ0n) is 5.70. The summed E-state index contributed by atoms with van der Waals surface area (Å²) in [5, 5.41) is 0.126. The van der Waals surface area contributed by atoms with Crippen LogP contribution in [0.4, 0.5) is 4.39 Å². The third-order valence-corrected chi connectivity index (χ3v) is 1.58. The summed E-state index contributed by atoms with van der Waals surface area (Å²) in [6, 6.07) is 0. The Morgan fingerprint density at radius 1 is 1.25 bits per heavy atom. The lowest BCUT2D eigenvalue weighted by molar-refractivity contribution is 0.544. The highest BCUT2D eigenvalue weighted by atomic mass is 35.5. The van der Waals surface area contributed by atoms with Gasteiger partial charge in [0.2, 0.25) is 0 Å². The molecule has 0 N–H and O–H groups in total. The molecule has 0 aliphatic carbocycles. The Kier molecular flexibility index (Phi) is 1.58. The first-order valence-corrected chi connectivity index (χ1v) is 3.44. The van der Waals surface area contributed by atoms with Crippen molar-refractivity contribution in [3.05, 3.63) is 23.8 Å². The Hall–Kier alpha value is -1.36. The van der Waals surface area contributed by atoms with Crippen LogP contribution in [0.25, 0.3) is 11.0 Å². The second kappa shape index (κ2) is 2.60. The molecule has 0 aliphatic heterocycles. The van der Waals surface area contributed by atoms with Gasteiger partial charge in [-0.3, -0.25) is 0 Å². The molecule has 4 nitrogen and oxygen atoms in total. The van der Waals surface area contributed by atoms with Gasteiger partial charge in [-0.2, -0.15) is 9.37 Å². The maximum Gasteiger partial charge on any atom is 0.309 e. The quantitative estimate of drug-likeness (QED) is 0.456. The molecule has 2 aromatic rings. The van der Waals surface area contributed by atoms with Crippen molar-refractivity contribution in [2.45, 2.75) is 0 Å². The van der Waals surface area contributed by atoms with Gasteiger partial charge in [-0.25, -0.2) is 15.0 Å². The van der Waals surface area contributed by atoms with Gasteiger partial charge in [0, 0.05) is 0 Å². The van der Waals surface area contributed by atoms with Gasteiger partial charge in [0.1, 0.15) is 17.4 Å². The minimum atomic E-state index is -0.834. The van der Waals surface area contributed by atoms with Crippen LogP contribution < -0.4 is 0 Å². The maximum absolute atomic E-state index is 12.5. The summed E-state index contributed by atoms with van der Waals surface area (Å²) < 4.78 is 12.5. The molecule has 0 amide bonds. The monoisotopic (exact) mass is 184 g/mol. The highest BCUT2D eigenvalue weighted by Gasteiger charge is 2.03. The average Bonchev–Trinajstić information content (AvgIpc) is 2.07. The van der Waals surface area contributed by atoms with Gasteiger partial charge in [-0.1, -0.05) is 11.6 Å². The van der Waals surface area contributed by atoms with Crippen LogP contribution in [0, 0.1) is 6.08 Å². The predicted octanol–water partition coefficient (Wildman–Crippen LogP) is 1.21. The molecule has 0 fully saturated rings. The summed E-state index contributed by atoms with van der Waals surface area (Å²) in [6.07, 6.45) is 1.69. The van der Waals surface area contributed by atoms with Crippen LogP contribution >= 0.6 is 11.6 Å². The van der Waals surface area contributed by atoms with Crippen molar-refractivity contribution in [2.24, 2.45) is 0 Å². The Labute approximate surface area is 71.5 Å². The molecule has 60 valence electrons. The van der Waals surface area contributed by atoms with Crippen molar-refractivity contribution in [3.63, 3.8) is 0 Å². The molecule has 0 unspecified atom stereocenters. The zero-order chi connectivity index (χ0) is 8.55. The van der Waals surface area contributed by atoms with E-state index in [-0.39, 0.29) is 10.7 Å². The van der Waals surface area contributed by atoms with Gasteiger partial charge >= 0.3 is 6.08 Å². The number of aromatic nitrogens is 4. The molecule has 0 saturated heterocycles. The summed E-state index contributed by atoms with van der Waals surface area (Å²) >= 11 is 5.62. The number of halogens is 2. The van der Waals surface area contributed by atoms with Crippen LogP contribution in [-0.4, -0.2) is 19.9 Å². The van der Waals surface area contributed by atoms with Crippen molar-refractivity contribution in [2.75, 3.05) is 0 Å². The molecule has 0 spiro atoms. The molecule has 0 bridgehead atoms. The molecule has 2 aromatic heterocycles. The normalized spacial score (nSPS) is 10.5. The molecule has 0 atom stereocenters. The average molecular weight is 185 g/mol. The number of hydrogen-bond acceptors (Lipinski definition) is 4. The van der Waals surface area contributed by atoms with Crippen LogP contribution in [0.15, 0.2) is 12.5 Å². The van der Waals surface area contributed by atoms with E-state index in [0.29, 0.717) is 5.52 Å². The Morgan fingerprint density at radius 3 is 2.92 bits per heavy atom. The molecule has 12 heavy (non-hydrogen) atoms. The Balaban J connectivity index is 2.88. The van der Waals surface area contributed by atoms with E-state index in [4.69, 9.17) is 11.6 Å². The number of hydrogen-bond donors (Lipinski definition) is 0. The maximum atomic E-state index is 12.5. The van der Waals surface area contributed by atoms with Crippen LogP contribution in [0.5, 0.6) is 0 Å². The smallest absolute Gasteiger partial charge is 0.233 e. The molecular weight excluding hydrogens is 183 g/mol. The second-order valence-corrected chi connectivity index (χ2v) is 2.40. The van der Waals surface area contributed by atoms with E-state index in [1.807, 2.05) is 0 Å². The molecule has 6 heteroatoms. The molecule has 0 aromatic carbocycles. The fraction of sp³-hybridized carbons (Fsp3) is 0. The summed E-state index contributed by atoms with van der Waals surface area (Å²) in [4.78, 5) is 14.2. The summed E-state index contributed by atoms with van der Waals surface area (Å²) in [5.41, 5.74) is 0.656. The highest BCUT2D eigenvalue weighted by molar-refractivity contribution is 6.33. The zero-order valence-corrected chi connectivity index (χ0v) is 6.46. The lowest BCUT2D eigenvalue weighted by atomic mass is 10.4. The van der Waals surface area contributed by atoms with Gasteiger partial charge < -0.3 is 0 Å².